The maximum Gasteiger partial charge on any atom is 0.240 e. The molecule has 3 N–H and O–H groups in total. The number of amides is 3. The number of nitrogens with zero attached hydrogens (tertiary/aromatic N) is 1. The molecule has 22 heavy (non-hydrogen) atoms. The van der Waals surface area contributed by atoms with Gasteiger partial charge in [0.15, 0.2) is 0 Å². The van der Waals surface area contributed by atoms with Crippen molar-refractivity contribution in [2.75, 3.05) is 13.1 Å². The summed E-state index contributed by atoms with van der Waals surface area (Å²) in [5.74, 6) is -0.938. The average Bonchev–Trinajstić information content (AvgIpc) is 2.79. The fourth-order valence-electron chi connectivity index (χ4n) is 2.27. The van der Waals surface area contributed by atoms with Gasteiger partial charge in [-0.1, -0.05) is 20.8 Å². The smallest absolute Gasteiger partial charge is 0.240 e. The zero-order chi connectivity index (χ0) is 16.8. The lowest BCUT2D eigenvalue weighted by molar-refractivity contribution is -0.127. The second kappa shape index (κ2) is 7.78. The fourth-order valence-corrected chi connectivity index (χ4v) is 2.27. The van der Waals surface area contributed by atoms with E-state index in [4.69, 9.17) is 5.26 Å². The number of carbonyl (C=O) groups excluding carboxylic acids is 3. The van der Waals surface area contributed by atoms with E-state index < -0.39 is 11.9 Å². The van der Waals surface area contributed by atoms with Crippen molar-refractivity contribution >= 4 is 17.7 Å². The van der Waals surface area contributed by atoms with Gasteiger partial charge >= 0.3 is 0 Å². The summed E-state index contributed by atoms with van der Waals surface area (Å²) < 4.78 is 0. The minimum absolute atomic E-state index is 0.0759. The Morgan fingerprint density at radius 1 is 1.41 bits per heavy atom. The third-order valence-corrected chi connectivity index (χ3v) is 3.31. The van der Waals surface area contributed by atoms with Gasteiger partial charge in [-0.2, -0.15) is 5.26 Å². The topological polar surface area (TPSA) is 111 Å². The van der Waals surface area contributed by atoms with Crippen LogP contribution in [0.2, 0.25) is 0 Å². The third-order valence-electron chi connectivity index (χ3n) is 3.31. The van der Waals surface area contributed by atoms with Gasteiger partial charge in [0.05, 0.1) is 12.6 Å². The summed E-state index contributed by atoms with van der Waals surface area (Å²) >= 11 is 0. The van der Waals surface area contributed by atoms with Crippen molar-refractivity contribution in [2.45, 2.75) is 46.1 Å². The normalized spacial score (nSPS) is 19.0. The molecule has 122 valence electrons. The Morgan fingerprint density at radius 2 is 2.09 bits per heavy atom. The summed E-state index contributed by atoms with van der Waals surface area (Å²) in [6.45, 7) is 6.25. The average molecular weight is 308 g/mol. The van der Waals surface area contributed by atoms with Crippen LogP contribution in [0.1, 0.15) is 40.0 Å². The Morgan fingerprint density at radius 3 is 2.59 bits per heavy atom. The molecule has 0 aromatic heterocycles. The predicted molar refractivity (Wildman–Crippen MR) is 80.4 cm³/mol. The second-order valence-electron chi connectivity index (χ2n) is 6.78. The van der Waals surface area contributed by atoms with Crippen LogP contribution in [0.3, 0.4) is 0 Å². The van der Waals surface area contributed by atoms with Crippen molar-refractivity contribution in [3.8, 4) is 6.07 Å². The quantitative estimate of drug-likeness (QED) is 0.645. The molecule has 0 saturated carbocycles. The highest BCUT2D eigenvalue weighted by Gasteiger charge is 2.27. The maximum absolute atomic E-state index is 11.8. The third kappa shape index (κ3) is 6.57. The number of rotatable bonds is 6. The molecule has 1 heterocycles. The van der Waals surface area contributed by atoms with Crippen LogP contribution in [0.4, 0.5) is 0 Å². The number of carbonyl (C=O) groups is 3. The number of nitrogens with one attached hydrogen (secondary N) is 3. The van der Waals surface area contributed by atoms with Gasteiger partial charge in [-0.15, -0.1) is 0 Å². The van der Waals surface area contributed by atoms with Crippen LogP contribution < -0.4 is 16.0 Å². The zero-order valence-electron chi connectivity index (χ0n) is 13.4. The van der Waals surface area contributed by atoms with Gasteiger partial charge in [0.25, 0.3) is 0 Å². The summed E-state index contributed by atoms with van der Waals surface area (Å²) in [5, 5.41) is 16.8. The monoisotopic (exact) mass is 308 g/mol. The highest BCUT2D eigenvalue weighted by Crippen LogP contribution is 2.17. The molecule has 2 unspecified atom stereocenters. The van der Waals surface area contributed by atoms with E-state index in [2.05, 4.69) is 16.0 Å². The van der Waals surface area contributed by atoms with Gasteiger partial charge in [0.2, 0.25) is 17.7 Å². The molecule has 0 bridgehead atoms. The molecule has 1 fully saturated rings. The Kier molecular flexibility index (Phi) is 6.35. The van der Waals surface area contributed by atoms with Crippen LogP contribution in [-0.4, -0.2) is 36.9 Å². The minimum Gasteiger partial charge on any atom is -0.356 e. The van der Waals surface area contributed by atoms with Gasteiger partial charge in [-0.3, -0.25) is 14.4 Å². The van der Waals surface area contributed by atoms with Crippen LogP contribution in [0.15, 0.2) is 0 Å². The Bertz CT molecular complexity index is 476. The van der Waals surface area contributed by atoms with Crippen LogP contribution in [0, 0.1) is 22.7 Å². The molecular weight excluding hydrogens is 284 g/mol. The molecule has 1 rings (SSSR count). The maximum atomic E-state index is 11.8. The van der Waals surface area contributed by atoms with E-state index in [1.807, 2.05) is 26.8 Å². The molecule has 1 saturated heterocycles. The fraction of sp³-hybridized carbons (Fsp3) is 0.733. The summed E-state index contributed by atoms with van der Waals surface area (Å²) in [5.41, 5.74) is -0.147. The van der Waals surface area contributed by atoms with Crippen molar-refractivity contribution in [1.82, 2.24) is 16.0 Å². The Balaban J connectivity index is 2.34. The van der Waals surface area contributed by atoms with E-state index in [0.29, 0.717) is 25.8 Å². The lowest BCUT2D eigenvalue weighted by Gasteiger charge is -2.18. The summed E-state index contributed by atoms with van der Waals surface area (Å²) in [6.07, 6.45) is 1.30. The van der Waals surface area contributed by atoms with E-state index in [1.54, 1.807) is 0 Å². The summed E-state index contributed by atoms with van der Waals surface area (Å²) in [4.78, 5) is 34.9. The predicted octanol–water partition coefficient (Wildman–Crippen LogP) is 0.0734. The first-order valence-electron chi connectivity index (χ1n) is 7.44. The summed E-state index contributed by atoms with van der Waals surface area (Å²) in [7, 11) is 0. The van der Waals surface area contributed by atoms with Crippen molar-refractivity contribution < 1.29 is 14.4 Å². The van der Waals surface area contributed by atoms with Gasteiger partial charge in [-0.05, 0) is 18.3 Å². The minimum atomic E-state index is -0.721. The van der Waals surface area contributed by atoms with Gasteiger partial charge in [0.1, 0.15) is 6.04 Å². The van der Waals surface area contributed by atoms with Crippen LogP contribution >= 0.6 is 0 Å². The van der Waals surface area contributed by atoms with Crippen molar-refractivity contribution in [3.05, 3.63) is 0 Å². The van der Waals surface area contributed by atoms with E-state index in [-0.39, 0.29) is 29.7 Å². The standard InChI is InChI=1S/C15H24N4O3/c1-15(2,3)7-12(20)18-9-13(21)19-11(8-16)6-10-4-5-17-14(10)22/h10-11H,4-7,9H2,1-3H3,(H,17,22)(H,18,20)(H,19,21). The Labute approximate surface area is 130 Å². The molecule has 1 aliphatic heterocycles. The van der Waals surface area contributed by atoms with E-state index in [9.17, 15) is 14.4 Å². The van der Waals surface area contributed by atoms with E-state index in [1.165, 1.54) is 0 Å². The molecule has 3 amide bonds. The van der Waals surface area contributed by atoms with E-state index in [0.717, 1.165) is 0 Å². The molecule has 0 spiro atoms. The number of nitriles is 1. The first-order chi connectivity index (χ1) is 10.2. The molecule has 7 nitrogen and oxygen atoms in total. The van der Waals surface area contributed by atoms with Crippen LogP contribution in [0.5, 0.6) is 0 Å². The molecular formula is C15H24N4O3. The Hall–Kier alpha value is -2.10. The molecule has 1 aliphatic rings. The largest absolute Gasteiger partial charge is 0.356 e. The number of hydrogen-bond acceptors (Lipinski definition) is 4. The lowest BCUT2D eigenvalue weighted by atomic mass is 9.92. The highest BCUT2D eigenvalue weighted by atomic mass is 16.2. The highest BCUT2D eigenvalue weighted by molar-refractivity contribution is 5.85. The SMILES string of the molecule is CC(C)(C)CC(=O)NCC(=O)NC(C#N)CC1CCNC1=O. The van der Waals surface area contributed by atoms with Crippen LogP contribution in [0.25, 0.3) is 0 Å². The molecule has 2 atom stereocenters. The van der Waals surface area contributed by atoms with E-state index >= 15 is 0 Å². The molecule has 0 radical (unpaired) electrons. The van der Waals surface area contributed by atoms with Crippen molar-refractivity contribution in [1.29, 1.82) is 5.26 Å². The van der Waals surface area contributed by atoms with Crippen molar-refractivity contribution in [3.63, 3.8) is 0 Å². The molecule has 7 heteroatoms. The van der Waals surface area contributed by atoms with Crippen molar-refractivity contribution in [2.24, 2.45) is 11.3 Å². The van der Waals surface area contributed by atoms with Crippen LogP contribution in [-0.2, 0) is 14.4 Å². The first-order valence-corrected chi connectivity index (χ1v) is 7.44. The molecule has 0 aromatic rings. The van der Waals surface area contributed by atoms with Gasteiger partial charge in [0, 0.05) is 18.9 Å². The zero-order valence-corrected chi connectivity index (χ0v) is 13.4. The van der Waals surface area contributed by atoms with Gasteiger partial charge in [-0.25, -0.2) is 0 Å². The second-order valence-corrected chi connectivity index (χ2v) is 6.78. The first kappa shape index (κ1) is 18.0. The summed E-state index contributed by atoms with van der Waals surface area (Å²) in [6, 6.07) is 1.26. The lowest BCUT2D eigenvalue weighted by Crippen LogP contribution is -2.43. The molecule has 0 aliphatic carbocycles. The molecule has 0 aromatic carbocycles. The number of hydrogen-bond donors (Lipinski definition) is 3. The van der Waals surface area contributed by atoms with Gasteiger partial charge < -0.3 is 16.0 Å².